The van der Waals surface area contributed by atoms with Crippen LogP contribution in [0.3, 0.4) is 0 Å². The largest absolute Gasteiger partial charge is 0.319 e. The summed E-state index contributed by atoms with van der Waals surface area (Å²) in [6.45, 7) is 1.77. The maximum Gasteiger partial charge on any atom is 0.243 e. The van der Waals surface area contributed by atoms with Crippen LogP contribution in [-0.2, 0) is 10.0 Å². The average molecular weight is 321 g/mol. The van der Waals surface area contributed by atoms with E-state index in [4.69, 9.17) is 11.6 Å². The van der Waals surface area contributed by atoms with Gasteiger partial charge in [0.2, 0.25) is 10.0 Å². The van der Waals surface area contributed by atoms with Gasteiger partial charge in [0.15, 0.2) is 0 Å². The first-order valence-electron chi connectivity index (χ1n) is 6.55. The van der Waals surface area contributed by atoms with Crippen molar-refractivity contribution in [3.8, 4) is 0 Å². The molecule has 1 aliphatic rings. The first kappa shape index (κ1) is 15.7. The number of hydrogen-bond acceptors (Lipinski definition) is 3. The molecule has 0 bridgehead atoms. The van der Waals surface area contributed by atoms with E-state index in [1.807, 2.05) is 7.05 Å². The summed E-state index contributed by atoms with van der Waals surface area (Å²) in [7, 11) is -1.74. The van der Waals surface area contributed by atoms with Gasteiger partial charge in [0, 0.05) is 13.1 Å². The monoisotopic (exact) mass is 320 g/mol. The first-order valence-corrected chi connectivity index (χ1v) is 8.36. The molecule has 0 aliphatic carbocycles. The Morgan fingerprint density at radius 2 is 2.25 bits per heavy atom. The number of benzene rings is 1. The maximum atomic E-state index is 13.1. The smallest absolute Gasteiger partial charge is 0.243 e. The SMILES string of the molecule is CNCC1CCCN(S(=O)(=O)c2ccc(F)c(Cl)c2)C1. The van der Waals surface area contributed by atoms with E-state index in [9.17, 15) is 12.8 Å². The molecule has 0 amide bonds. The molecule has 0 radical (unpaired) electrons. The molecule has 4 nitrogen and oxygen atoms in total. The van der Waals surface area contributed by atoms with Crippen molar-refractivity contribution in [1.29, 1.82) is 0 Å². The molecular weight excluding hydrogens is 303 g/mol. The van der Waals surface area contributed by atoms with E-state index in [0.29, 0.717) is 19.0 Å². The molecule has 1 heterocycles. The molecule has 0 saturated carbocycles. The molecule has 1 aromatic rings. The van der Waals surface area contributed by atoms with Gasteiger partial charge in [-0.25, -0.2) is 12.8 Å². The molecule has 0 spiro atoms. The van der Waals surface area contributed by atoms with E-state index in [-0.39, 0.29) is 9.92 Å². The van der Waals surface area contributed by atoms with Crippen LogP contribution in [0.25, 0.3) is 0 Å². The van der Waals surface area contributed by atoms with Gasteiger partial charge in [-0.15, -0.1) is 0 Å². The Morgan fingerprint density at radius 1 is 1.50 bits per heavy atom. The number of sulfonamides is 1. The molecule has 20 heavy (non-hydrogen) atoms. The van der Waals surface area contributed by atoms with Gasteiger partial charge in [-0.05, 0) is 50.6 Å². The zero-order chi connectivity index (χ0) is 14.8. The highest BCUT2D eigenvalue weighted by atomic mass is 35.5. The highest BCUT2D eigenvalue weighted by Gasteiger charge is 2.30. The first-order chi connectivity index (χ1) is 9.45. The fourth-order valence-corrected chi connectivity index (χ4v) is 4.31. The fraction of sp³-hybridized carbons (Fsp3) is 0.538. The van der Waals surface area contributed by atoms with Gasteiger partial charge in [0.1, 0.15) is 5.82 Å². The van der Waals surface area contributed by atoms with Crippen LogP contribution in [0.2, 0.25) is 5.02 Å². The summed E-state index contributed by atoms with van der Waals surface area (Å²) in [5.74, 6) is -0.309. The van der Waals surface area contributed by atoms with Crippen LogP contribution in [0.15, 0.2) is 23.1 Å². The zero-order valence-corrected chi connectivity index (χ0v) is 12.8. The molecule has 1 saturated heterocycles. The third-order valence-electron chi connectivity index (χ3n) is 3.50. The third-order valence-corrected chi connectivity index (χ3v) is 5.65. The predicted octanol–water partition coefficient (Wildman–Crippen LogP) is 2.10. The topological polar surface area (TPSA) is 49.4 Å². The summed E-state index contributed by atoms with van der Waals surface area (Å²) in [4.78, 5) is 0.0500. The van der Waals surface area contributed by atoms with Crippen molar-refractivity contribution in [2.45, 2.75) is 17.7 Å². The van der Waals surface area contributed by atoms with Crippen LogP contribution in [0.5, 0.6) is 0 Å². The highest BCUT2D eigenvalue weighted by Crippen LogP contribution is 2.26. The molecule has 7 heteroatoms. The minimum absolute atomic E-state index is 0.0500. The van der Waals surface area contributed by atoms with Crippen LogP contribution in [0.1, 0.15) is 12.8 Å². The summed E-state index contributed by atoms with van der Waals surface area (Å²) < 4.78 is 39.7. The number of nitrogens with zero attached hydrogens (tertiary/aromatic N) is 1. The van der Waals surface area contributed by atoms with Crippen molar-refractivity contribution >= 4 is 21.6 Å². The lowest BCUT2D eigenvalue weighted by atomic mass is 10.00. The van der Waals surface area contributed by atoms with Gasteiger partial charge < -0.3 is 5.32 Å². The summed E-state index contributed by atoms with van der Waals surface area (Å²) in [5, 5.41) is 2.90. The molecule has 1 atom stereocenters. The molecule has 2 rings (SSSR count). The van der Waals surface area contributed by atoms with E-state index in [2.05, 4.69) is 5.32 Å². The van der Waals surface area contributed by atoms with Crippen LogP contribution in [0.4, 0.5) is 4.39 Å². The molecule has 1 aliphatic heterocycles. The normalized spacial score (nSPS) is 21.1. The second kappa shape index (κ2) is 6.39. The van der Waals surface area contributed by atoms with Crippen molar-refractivity contribution < 1.29 is 12.8 Å². The van der Waals surface area contributed by atoms with Crippen molar-refractivity contribution in [3.05, 3.63) is 29.0 Å². The maximum absolute atomic E-state index is 13.1. The van der Waals surface area contributed by atoms with Crippen molar-refractivity contribution in [2.75, 3.05) is 26.7 Å². The van der Waals surface area contributed by atoms with E-state index >= 15 is 0 Å². The number of piperidine rings is 1. The average Bonchev–Trinajstić information content (AvgIpc) is 2.42. The van der Waals surface area contributed by atoms with Crippen molar-refractivity contribution in [2.24, 2.45) is 5.92 Å². The summed E-state index contributed by atoms with van der Waals surface area (Å²) in [6, 6.07) is 3.52. The Kier molecular flexibility index (Phi) is 5.01. The Hall–Kier alpha value is -0.690. The summed E-state index contributed by atoms with van der Waals surface area (Å²) in [5.41, 5.74) is 0. The van der Waals surface area contributed by atoms with Gasteiger partial charge in [0.25, 0.3) is 0 Å². The Labute approximate surface area is 124 Å². The lowest BCUT2D eigenvalue weighted by Gasteiger charge is -2.31. The Bertz CT molecular complexity index is 578. The van der Waals surface area contributed by atoms with E-state index < -0.39 is 15.8 Å². The van der Waals surface area contributed by atoms with Gasteiger partial charge in [-0.2, -0.15) is 4.31 Å². The quantitative estimate of drug-likeness (QED) is 0.924. The minimum atomic E-state index is -3.60. The molecule has 1 N–H and O–H groups in total. The van der Waals surface area contributed by atoms with E-state index in [0.717, 1.165) is 25.5 Å². The highest BCUT2D eigenvalue weighted by molar-refractivity contribution is 7.89. The number of halogens is 2. The molecule has 112 valence electrons. The van der Waals surface area contributed by atoms with E-state index in [1.54, 1.807) is 0 Å². The fourth-order valence-electron chi connectivity index (χ4n) is 2.49. The second-order valence-electron chi connectivity index (χ2n) is 5.00. The van der Waals surface area contributed by atoms with Crippen molar-refractivity contribution in [3.63, 3.8) is 0 Å². The molecular formula is C13H18ClFN2O2S. The van der Waals surface area contributed by atoms with Gasteiger partial charge >= 0.3 is 0 Å². The molecule has 1 unspecified atom stereocenters. The van der Waals surface area contributed by atoms with Gasteiger partial charge in [0.05, 0.1) is 9.92 Å². The predicted molar refractivity (Wildman–Crippen MR) is 76.8 cm³/mol. The number of rotatable bonds is 4. The lowest BCUT2D eigenvalue weighted by molar-refractivity contribution is 0.263. The van der Waals surface area contributed by atoms with Crippen LogP contribution < -0.4 is 5.32 Å². The third kappa shape index (κ3) is 3.31. The number of hydrogen-bond donors (Lipinski definition) is 1. The zero-order valence-electron chi connectivity index (χ0n) is 11.3. The molecule has 0 aromatic heterocycles. The standard InChI is InChI=1S/C13H18ClFN2O2S/c1-16-8-10-3-2-6-17(9-10)20(18,19)11-4-5-13(15)12(14)7-11/h4-5,7,10,16H,2-3,6,8-9H2,1H3. The van der Waals surface area contributed by atoms with Gasteiger partial charge in [-0.1, -0.05) is 11.6 Å². The summed E-state index contributed by atoms with van der Waals surface area (Å²) in [6.07, 6.45) is 1.84. The second-order valence-corrected chi connectivity index (χ2v) is 7.35. The lowest BCUT2D eigenvalue weighted by Crippen LogP contribution is -2.42. The van der Waals surface area contributed by atoms with Crippen LogP contribution >= 0.6 is 11.6 Å². The summed E-state index contributed by atoms with van der Waals surface area (Å²) >= 11 is 5.67. The van der Waals surface area contributed by atoms with Crippen molar-refractivity contribution in [1.82, 2.24) is 9.62 Å². The molecule has 1 fully saturated rings. The Balaban J connectivity index is 2.23. The minimum Gasteiger partial charge on any atom is -0.319 e. The van der Waals surface area contributed by atoms with E-state index in [1.165, 1.54) is 16.4 Å². The number of nitrogens with one attached hydrogen (secondary N) is 1. The molecule has 1 aromatic carbocycles. The van der Waals surface area contributed by atoms with Crippen LogP contribution in [-0.4, -0.2) is 39.4 Å². The van der Waals surface area contributed by atoms with Gasteiger partial charge in [-0.3, -0.25) is 0 Å². The Morgan fingerprint density at radius 3 is 2.90 bits per heavy atom. The van der Waals surface area contributed by atoms with Crippen LogP contribution in [0, 0.1) is 11.7 Å².